The van der Waals surface area contributed by atoms with Gasteiger partial charge in [-0.3, -0.25) is 9.59 Å². The highest BCUT2D eigenvalue weighted by Gasteiger charge is 2.27. The van der Waals surface area contributed by atoms with Gasteiger partial charge in [-0.1, -0.05) is 30.3 Å². The first-order valence-electron chi connectivity index (χ1n) is 9.99. The molecule has 0 aliphatic carbocycles. The van der Waals surface area contributed by atoms with E-state index in [2.05, 4.69) is 10.4 Å². The Morgan fingerprint density at radius 2 is 1.67 bits per heavy atom. The van der Waals surface area contributed by atoms with Crippen molar-refractivity contribution in [3.8, 4) is 0 Å². The van der Waals surface area contributed by atoms with Gasteiger partial charge < -0.3 is 10.2 Å². The summed E-state index contributed by atoms with van der Waals surface area (Å²) in [5.74, 6) is -0.345. The molecule has 1 saturated heterocycles. The Hall–Kier alpha value is -3.48. The van der Waals surface area contributed by atoms with Crippen molar-refractivity contribution in [3.05, 3.63) is 83.3 Å². The first-order valence-corrected chi connectivity index (χ1v) is 9.99. The smallest absolute Gasteiger partial charge is 0.257 e. The quantitative estimate of drug-likeness (QED) is 0.711. The fourth-order valence-electron chi connectivity index (χ4n) is 3.83. The summed E-state index contributed by atoms with van der Waals surface area (Å²) in [4.78, 5) is 26.9. The zero-order valence-electron chi connectivity index (χ0n) is 16.7. The van der Waals surface area contributed by atoms with Crippen molar-refractivity contribution in [2.45, 2.75) is 25.8 Å². The topological polar surface area (TPSA) is 67.2 Å². The molecule has 6 nitrogen and oxygen atoms in total. The Labute approximate surface area is 174 Å². The number of rotatable bonds is 4. The van der Waals surface area contributed by atoms with E-state index in [0.717, 1.165) is 5.56 Å². The normalized spacial score (nSPS) is 14.5. The number of nitrogens with zero attached hydrogens (tertiary/aromatic N) is 3. The number of carbonyl (C=O) groups excluding carboxylic acids is 2. The molecule has 0 atom stereocenters. The fourth-order valence-corrected chi connectivity index (χ4v) is 3.83. The van der Waals surface area contributed by atoms with E-state index < -0.39 is 5.82 Å². The molecule has 1 aliphatic heterocycles. The van der Waals surface area contributed by atoms with Gasteiger partial charge in [-0.2, -0.15) is 5.10 Å². The van der Waals surface area contributed by atoms with Gasteiger partial charge in [-0.25, -0.2) is 9.07 Å². The summed E-state index contributed by atoms with van der Waals surface area (Å²) in [5.41, 5.74) is 1.62. The summed E-state index contributed by atoms with van der Waals surface area (Å²) in [6.45, 7) is 2.90. The zero-order valence-corrected chi connectivity index (χ0v) is 16.7. The second kappa shape index (κ2) is 8.49. The summed E-state index contributed by atoms with van der Waals surface area (Å²) >= 11 is 0. The lowest BCUT2D eigenvalue weighted by Crippen LogP contribution is -2.39. The molecule has 0 radical (unpaired) electrons. The Balaban J connectivity index is 1.42. The van der Waals surface area contributed by atoms with Gasteiger partial charge in [-0.15, -0.1) is 0 Å². The van der Waals surface area contributed by atoms with Gasteiger partial charge in [0, 0.05) is 24.7 Å². The van der Waals surface area contributed by atoms with Crippen LogP contribution in [-0.2, 0) is 0 Å². The number of aromatic nitrogens is 2. The van der Waals surface area contributed by atoms with E-state index >= 15 is 0 Å². The number of benzene rings is 2. The Kier molecular flexibility index (Phi) is 5.61. The van der Waals surface area contributed by atoms with Crippen LogP contribution < -0.4 is 5.32 Å². The van der Waals surface area contributed by atoms with Crippen LogP contribution in [0.3, 0.4) is 0 Å². The second-order valence-corrected chi connectivity index (χ2v) is 7.43. The van der Waals surface area contributed by atoms with E-state index in [9.17, 15) is 14.0 Å². The highest BCUT2D eigenvalue weighted by Crippen LogP contribution is 2.27. The minimum atomic E-state index is -0.502. The van der Waals surface area contributed by atoms with Crippen LogP contribution in [0.4, 0.5) is 10.2 Å². The van der Waals surface area contributed by atoms with Gasteiger partial charge in [0.25, 0.3) is 11.8 Å². The van der Waals surface area contributed by atoms with Gasteiger partial charge in [0.1, 0.15) is 11.6 Å². The van der Waals surface area contributed by atoms with Gasteiger partial charge >= 0.3 is 0 Å². The van der Waals surface area contributed by atoms with Crippen molar-refractivity contribution in [2.75, 3.05) is 18.4 Å². The molecule has 0 spiro atoms. The van der Waals surface area contributed by atoms with Crippen LogP contribution >= 0.6 is 0 Å². The number of aryl methyl sites for hydroxylation is 1. The Morgan fingerprint density at radius 3 is 2.37 bits per heavy atom. The van der Waals surface area contributed by atoms with Gasteiger partial charge in [-0.05, 0) is 43.5 Å². The number of hydrogen-bond acceptors (Lipinski definition) is 3. The monoisotopic (exact) mass is 406 g/mol. The van der Waals surface area contributed by atoms with Crippen molar-refractivity contribution < 1.29 is 14.0 Å². The van der Waals surface area contributed by atoms with Crippen LogP contribution in [0.5, 0.6) is 0 Å². The number of anilines is 1. The third-order valence-corrected chi connectivity index (χ3v) is 5.50. The highest BCUT2D eigenvalue weighted by atomic mass is 19.1. The molecule has 1 fully saturated rings. The van der Waals surface area contributed by atoms with E-state index in [0.29, 0.717) is 37.3 Å². The number of nitrogens with one attached hydrogen (secondary N) is 1. The predicted octanol–water partition coefficient (Wildman–Crippen LogP) is 4.06. The molecule has 0 bridgehead atoms. The summed E-state index contributed by atoms with van der Waals surface area (Å²) in [6, 6.07) is 15.3. The molecule has 0 unspecified atom stereocenters. The first-order chi connectivity index (χ1) is 14.5. The number of likely N-dealkylation sites (tertiary alicyclic amines) is 1. The van der Waals surface area contributed by atoms with Crippen molar-refractivity contribution in [1.29, 1.82) is 0 Å². The van der Waals surface area contributed by atoms with E-state index in [1.54, 1.807) is 40.0 Å². The molecule has 30 heavy (non-hydrogen) atoms. The van der Waals surface area contributed by atoms with Crippen LogP contribution in [0.15, 0.2) is 60.8 Å². The lowest BCUT2D eigenvalue weighted by atomic mass is 10.0. The lowest BCUT2D eigenvalue weighted by molar-refractivity contribution is 0.0686. The summed E-state index contributed by atoms with van der Waals surface area (Å²) in [7, 11) is 0. The van der Waals surface area contributed by atoms with Crippen molar-refractivity contribution >= 4 is 17.6 Å². The SMILES string of the molecule is Cc1ccccc1C(=O)Nc1ccnn1C1CCN(C(=O)c2ccccc2F)CC1. The summed E-state index contributed by atoms with van der Waals surface area (Å²) in [6.07, 6.45) is 3.01. The third-order valence-electron chi connectivity index (χ3n) is 5.50. The molecule has 1 aliphatic rings. The molecular formula is C23H23FN4O2. The van der Waals surface area contributed by atoms with Crippen molar-refractivity contribution in [3.63, 3.8) is 0 Å². The van der Waals surface area contributed by atoms with Crippen LogP contribution in [0.2, 0.25) is 0 Å². The third kappa shape index (κ3) is 3.96. The van der Waals surface area contributed by atoms with Gasteiger partial charge in [0.2, 0.25) is 0 Å². The standard InChI is InChI=1S/C23H23FN4O2/c1-16-6-2-3-7-18(16)22(29)26-21-10-13-25-28(21)17-11-14-27(15-12-17)23(30)19-8-4-5-9-20(19)24/h2-10,13,17H,11-12,14-15H2,1H3,(H,26,29). The number of halogens is 1. The van der Waals surface area contributed by atoms with Crippen LogP contribution in [0, 0.1) is 12.7 Å². The second-order valence-electron chi connectivity index (χ2n) is 7.43. The molecule has 154 valence electrons. The summed E-state index contributed by atoms with van der Waals surface area (Å²) < 4.78 is 15.7. The average molecular weight is 406 g/mol. The molecule has 2 heterocycles. The molecule has 7 heteroatoms. The number of amides is 2. The van der Waals surface area contributed by atoms with Gasteiger partial charge in [0.05, 0.1) is 17.8 Å². The maximum Gasteiger partial charge on any atom is 0.257 e. The van der Waals surface area contributed by atoms with E-state index in [1.807, 2.05) is 25.1 Å². The molecule has 2 aromatic carbocycles. The molecule has 4 rings (SSSR count). The average Bonchev–Trinajstić information content (AvgIpc) is 3.22. The number of hydrogen-bond donors (Lipinski definition) is 1. The van der Waals surface area contributed by atoms with Crippen LogP contribution in [0.1, 0.15) is 45.2 Å². The van der Waals surface area contributed by atoms with Crippen LogP contribution in [0.25, 0.3) is 0 Å². The fraction of sp³-hybridized carbons (Fsp3) is 0.261. The van der Waals surface area contributed by atoms with Crippen molar-refractivity contribution in [2.24, 2.45) is 0 Å². The van der Waals surface area contributed by atoms with E-state index in [4.69, 9.17) is 0 Å². The predicted molar refractivity (Wildman–Crippen MR) is 112 cm³/mol. The maximum absolute atomic E-state index is 13.9. The largest absolute Gasteiger partial charge is 0.338 e. The minimum Gasteiger partial charge on any atom is -0.338 e. The number of carbonyl (C=O) groups is 2. The molecule has 1 aromatic heterocycles. The van der Waals surface area contributed by atoms with Crippen LogP contribution in [-0.4, -0.2) is 39.6 Å². The zero-order chi connectivity index (χ0) is 21.1. The van der Waals surface area contributed by atoms with E-state index in [-0.39, 0.29) is 23.4 Å². The van der Waals surface area contributed by atoms with Gasteiger partial charge in [0.15, 0.2) is 0 Å². The highest BCUT2D eigenvalue weighted by molar-refractivity contribution is 6.04. The lowest BCUT2D eigenvalue weighted by Gasteiger charge is -2.32. The molecular weight excluding hydrogens is 383 g/mol. The van der Waals surface area contributed by atoms with E-state index in [1.165, 1.54) is 12.1 Å². The summed E-state index contributed by atoms with van der Waals surface area (Å²) in [5, 5.41) is 7.33. The molecule has 3 aromatic rings. The maximum atomic E-state index is 13.9. The Morgan fingerprint density at radius 1 is 1.00 bits per heavy atom. The molecule has 2 amide bonds. The van der Waals surface area contributed by atoms with Crippen molar-refractivity contribution in [1.82, 2.24) is 14.7 Å². The Bertz CT molecular complexity index is 1070. The minimum absolute atomic E-state index is 0.0526. The number of piperidine rings is 1. The molecule has 0 saturated carbocycles. The molecule has 1 N–H and O–H groups in total. The first kappa shape index (κ1) is 19.8.